The van der Waals surface area contributed by atoms with Gasteiger partial charge in [0, 0.05) is 12.2 Å². The quantitative estimate of drug-likeness (QED) is 0.874. The van der Waals surface area contributed by atoms with Gasteiger partial charge in [-0.15, -0.1) is 0 Å². The van der Waals surface area contributed by atoms with Crippen molar-refractivity contribution in [3.63, 3.8) is 0 Å². The maximum atomic E-state index is 12.1. The van der Waals surface area contributed by atoms with E-state index in [1.807, 2.05) is 18.2 Å². The minimum Gasteiger partial charge on any atom is -0.364 e. The molecular weight excluding hydrogens is 240 g/mol. The second-order valence-corrected chi connectivity index (χ2v) is 5.33. The van der Waals surface area contributed by atoms with Crippen LogP contribution in [0.5, 0.6) is 0 Å². The Hall–Kier alpha value is -1.39. The van der Waals surface area contributed by atoms with Crippen molar-refractivity contribution in [3.05, 3.63) is 29.8 Å². The molecule has 0 spiro atoms. The summed E-state index contributed by atoms with van der Waals surface area (Å²) in [7, 11) is 0. The molecule has 1 aliphatic rings. The number of amides is 1. The summed E-state index contributed by atoms with van der Waals surface area (Å²) in [6, 6.07) is 7.94. The molecule has 4 heteroatoms. The normalized spacial score (nSPS) is 22.7. The lowest BCUT2D eigenvalue weighted by Gasteiger charge is -2.14. The number of anilines is 1. The third-order valence-corrected chi connectivity index (χ3v) is 3.48. The minimum absolute atomic E-state index is 0.0257. The molecule has 0 bridgehead atoms. The highest BCUT2D eigenvalue weighted by molar-refractivity contribution is 5.94. The van der Waals surface area contributed by atoms with Gasteiger partial charge >= 0.3 is 0 Å². The number of rotatable bonds is 4. The molecule has 0 saturated carbocycles. The Morgan fingerprint density at radius 2 is 2.26 bits per heavy atom. The predicted octanol–water partition coefficient (Wildman–Crippen LogP) is 2.25. The summed E-state index contributed by atoms with van der Waals surface area (Å²) < 4.78 is 5.59. The predicted molar refractivity (Wildman–Crippen MR) is 76.1 cm³/mol. The Kier molecular flexibility index (Phi) is 4.56. The number of benzene rings is 1. The lowest BCUT2D eigenvalue weighted by atomic mass is 10.0. The summed E-state index contributed by atoms with van der Waals surface area (Å²) >= 11 is 0. The largest absolute Gasteiger partial charge is 0.364 e. The van der Waals surface area contributed by atoms with Gasteiger partial charge in [-0.2, -0.15) is 0 Å². The summed E-state index contributed by atoms with van der Waals surface area (Å²) in [5.74, 6) is 0.373. The molecule has 0 radical (unpaired) electrons. The van der Waals surface area contributed by atoms with E-state index < -0.39 is 0 Å². The number of ether oxygens (including phenoxy) is 1. The third-order valence-electron chi connectivity index (χ3n) is 3.48. The third kappa shape index (κ3) is 3.55. The highest BCUT2D eigenvalue weighted by Crippen LogP contribution is 2.22. The molecule has 104 valence electrons. The van der Waals surface area contributed by atoms with Crippen LogP contribution in [0.1, 0.15) is 38.2 Å². The van der Waals surface area contributed by atoms with Crippen molar-refractivity contribution in [1.29, 1.82) is 0 Å². The molecule has 1 saturated heterocycles. The topological polar surface area (TPSA) is 64.4 Å². The van der Waals surface area contributed by atoms with Crippen molar-refractivity contribution in [2.45, 2.75) is 44.8 Å². The zero-order chi connectivity index (χ0) is 13.8. The van der Waals surface area contributed by atoms with Gasteiger partial charge in [0.1, 0.15) is 6.10 Å². The van der Waals surface area contributed by atoms with Gasteiger partial charge in [0.2, 0.25) is 0 Å². The second kappa shape index (κ2) is 6.17. The molecule has 1 amide bonds. The van der Waals surface area contributed by atoms with Gasteiger partial charge in [-0.25, -0.2) is 0 Å². The Morgan fingerprint density at radius 3 is 2.89 bits per heavy atom. The van der Waals surface area contributed by atoms with E-state index in [2.05, 4.69) is 25.2 Å². The first kappa shape index (κ1) is 14.0. The van der Waals surface area contributed by atoms with Crippen molar-refractivity contribution in [2.75, 3.05) is 11.9 Å². The van der Waals surface area contributed by atoms with E-state index in [0.29, 0.717) is 12.5 Å². The molecule has 1 aromatic carbocycles. The number of hydrogen-bond donors (Lipinski definition) is 2. The first-order valence-electron chi connectivity index (χ1n) is 6.86. The molecule has 1 aliphatic heterocycles. The van der Waals surface area contributed by atoms with Gasteiger partial charge in [-0.1, -0.05) is 26.0 Å². The van der Waals surface area contributed by atoms with E-state index in [0.717, 1.165) is 18.5 Å². The van der Waals surface area contributed by atoms with Crippen LogP contribution in [0.4, 0.5) is 5.69 Å². The maximum Gasteiger partial charge on any atom is 0.253 e. The molecular formula is C15H22N2O2. The molecule has 0 unspecified atom stereocenters. The van der Waals surface area contributed by atoms with Gasteiger partial charge in [-0.05, 0) is 36.5 Å². The fourth-order valence-electron chi connectivity index (χ4n) is 2.27. The molecule has 2 atom stereocenters. The Morgan fingerprint density at radius 1 is 1.47 bits per heavy atom. The van der Waals surface area contributed by atoms with Crippen LogP contribution in [0.15, 0.2) is 24.3 Å². The number of hydrogen-bond acceptors (Lipinski definition) is 3. The average molecular weight is 262 g/mol. The molecule has 1 fully saturated rings. The second-order valence-electron chi connectivity index (χ2n) is 5.33. The van der Waals surface area contributed by atoms with Crippen LogP contribution >= 0.6 is 0 Å². The van der Waals surface area contributed by atoms with Crippen LogP contribution in [0.25, 0.3) is 0 Å². The summed E-state index contributed by atoms with van der Waals surface area (Å²) in [4.78, 5) is 12.1. The van der Waals surface area contributed by atoms with Crippen LogP contribution < -0.4 is 11.1 Å². The summed E-state index contributed by atoms with van der Waals surface area (Å²) in [6.45, 7) is 4.74. The zero-order valence-electron chi connectivity index (χ0n) is 11.6. The van der Waals surface area contributed by atoms with Crippen LogP contribution in [0.2, 0.25) is 0 Å². The molecule has 1 aromatic rings. The Labute approximate surface area is 114 Å². The van der Waals surface area contributed by atoms with Crippen molar-refractivity contribution < 1.29 is 9.53 Å². The van der Waals surface area contributed by atoms with Gasteiger partial charge in [0.15, 0.2) is 0 Å². The molecule has 3 N–H and O–H groups in total. The minimum atomic E-state index is -0.365. The zero-order valence-corrected chi connectivity index (χ0v) is 11.6. The van der Waals surface area contributed by atoms with Crippen molar-refractivity contribution >= 4 is 11.6 Å². The standard InChI is InChI=1S/C15H22N2O2/c1-10(2)11-4-3-5-12(8-11)17-15(18)14-7-6-13(9-16)19-14/h3-5,8,10,13-14H,6-7,9,16H2,1-2H3,(H,17,18)/t13-,14+/m1/s1. The van der Waals surface area contributed by atoms with Gasteiger partial charge < -0.3 is 15.8 Å². The molecule has 4 nitrogen and oxygen atoms in total. The van der Waals surface area contributed by atoms with Crippen LogP contribution in [-0.2, 0) is 9.53 Å². The molecule has 1 heterocycles. The fraction of sp³-hybridized carbons (Fsp3) is 0.533. The molecule has 2 rings (SSSR count). The van der Waals surface area contributed by atoms with Gasteiger partial charge in [0.25, 0.3) is 5.91 Å². The average Bonchev–Trinajstić information content (AvgIpc) is 2.88. The maximum absolute atomic E-state index is 12.1. The number of nitrogens with two attached hydrogens (primary N) is 1. The number of carbonyl (C=O) groups is 1. The first-order valence-corrected chi connectivity index (χ1v) is 6.86. The number of nitrogens with one attached hydrogen (secondary N) is 1. The lowest BCUT2D eigenvalue weighted by molar-refractivity contribution is -0.126. The highest BCUT2D eigenvalue weighted by atomic mass is 16.5. The monoisotopic (exact) mass is 262 g/mol. The van der Waals surface area contributed by atoms with E-state index in [9.17, 15) is 4.79 Å². The van der Waals surface area contributed by atoms with E-state index >= 15 is 0 Å². The van der Waals surface area contributed by atoms with Crippen LogP contribution in [0, 0.1) is 0 Å². The summed E-state index contributed by atoms with van der Waals surface area (Å²) in [5, 5.41) is 2.92. The number of carbonyl (C=O) groups excluding carboxylic acids is 1. The van der Waals surface area contributed by atoms with Crippen molar-refractivity contribution in [1.82, 2.24) is 0 Å². The van der Waals surface area contributed by atoms with Gasteiger partial charge in [0.05, 0.1) is 6.10 Å². The van der Waals surface area contributed by atoms with E-state index in [1.54, 1.807) is 0 Å². The van der Waals surface area contributed by atoms with Gasteiger partial charge in [-0.3, -0.25) is 4.79 Å². The van der Waals surface area contributed by atoms with Crippen LogP contribution in [0.3, 0.4) is 0 Å². The molecule has 19 heavy (non-hydrogen) atoms. The van der Waals surface area contributed by atoms with Crippen molar-refractivity contribution in [2.24, 2.45) is 5.73 Å². The van der Waals surface area contributed by atoms with E-state index in [1.165, 1.54) is 5.56 Å². The first-order chi connectivity index (χ1) is 9.10. The summed E-state index contributed by atoms with van der Waals surface area (Å²) in [5.41, 5.74) is 7.59. The molecule has 0 aliphatic carbocycles. The van der Waals surface area contributed by atoms with Crippen LogP contribution in [-0.4, -0.2) is 24.7 Å². The Balaban J connectivity index is 1.97. The highest BCUT2D eigenvalue weighted by Gasteiger charge is 2.29. The lowest BCUT2D eigenvalue weighted by Crippen LogP contribution is -2.29. The smallest absolute Gasteiger partial charge is 0.253 e. The SMILES string of the molecule is CC(C)c1cccc(NC(=O)[C@@H]2CC[C@H](CN)O2)c1. The van der Waals surface area contributed by atoms with E-state index in [4.69, 9.17) is 10.5 Å². The Bertz CT molecular complexity index is 446. The van der Waals surface area contributed by atoms with Crippen molar-refractivity contribution in [3.8, 4) is 0 Å². The molecule has 0 aromatic heterocycles. The summed E-state index contributed by atoms with van der Waals surface area (Å²) in [6.07, 6.45) is 1.27. The van der Waals surface area contributed by atoms with E-state index in [-0.39, 0.29) is 18.1 Å². The fourth-order valence-corrected chi connectivity index (χ4v) is 2.27.